The predicted molar refractivity (Wildman–Crippen MR) is 90.0 cm³/mol. The molecule has 1 aromatic carbocycles. The number of halogens is 1. The topological polar surface area (TPSA) is 80.8 Å². The first-order valence-corrected chi connectivity index (χ1v) is 9.71. The Bertz CT molecular complexity index is 775. The second kappa shape index (κ2) is 7.11. The molecule has 6 nitrogen and oxygen atoms in total. The zero-order chi connectivity index (χ0) is 18.8. The van der Waals surface area contributed by atoms with E-state index in [4.69, 9.17) is 4.74 Å². The second-order valence-corrected chi connectivity index (χ2v) is 8.86. The average Bonchev–Trinajstić information content (AvgIpc) is 2.64. The van der Waals surface area contributed by atoms with Crippen molar-refractivity contribution in [1.82, 2.24) is 4.90 Å². The maximum atomic E-state index is 14.0. The fraction of sp³-hybridized carbons (Fsp3) is 0.529. The van der Waals surface area contributed by atoms with E-state index in [0.717, 1.165) is 0 Å². The van der Waals surface area contributed by atoms with E-state index in [2.05, 4.69) is 0 Å². The van der Waals surface area contributed by atoms with Crippen molar-refractivity contribution in [2.24, 2.45) is 0 Å². The largest absolute Gasteiger partial charge is 0.450 e. The van der Waals surface area contributed by atoms with Crippen molar-refractivity contribution in [1.29, 1.82) is 0 Å². The average molecular weight is 371 g/mol. The lowest BCUT2D eigenvalue weighted by atomic mass is 10.1. The lowest BCUT2D eigenvalue weighted by Gasteiger charge is -2.30. The monoisotopic (exact) mass is 371 g/mol. The van der Waals surface area contributed by atoms with Gasteiger partial charge in [-0.2, -0.15) is 0 Å². The molecule has 0 spiro atoms. The molecule has 1 fully saturated rings. The Morgan fingerprint density at radius 2 is 1.88 bits per heavy atom. The summed E-state index contributed by atoms with van der Waals surface area (Å²) in [6, 6.07) is 5.77. The van der Waals surface area contributed by atoms with Crippen molar-refractivity contribution in [3.63, 3.8) is 0 Å². The lowest BCUT2D eigenvalue weighted by molar-refractivity contribution is -0.168. The molecule has 0 aromatic heterocycles. The van der Waals surface area contributed by atoms with Gasteiger partial charge in [0.15, 0.2) is 15.4 Å². The summed E-state index contributed by atoms with van der Waals surface area (Å²) in [7, 11) is -3.61. The Morgan fingerprint density at radius 3 is 2.48 bits per heavy atom. The number of nitrogens with zero attached hydrogens (tertiary/aromatic N) is 1. The van der Waals surface area contributed by atoms with Crippen LogP contribution in [0.15, 0.2) is 24.3 Å². The maximum absolute atomic E-state index is 14.0. The Hall–Kier alpha value is -1.96. The number of carbonyl (C=O) groups excluding carboxylic acids is 2. The van der Waals surface area contributed by atoms with Gasteiger partial charge in [-0.15, -0.1) is 0 Å². The van der Waals surface area contributed by atoms with E-state index in [9.17, 15) is 22.4 Å². The van der Waals surface area contributed by atoms with Gasteiger partial charge in [0, 0.05) is 25.6 Å². The smallest absolute Gasteiger partial charge is 0.303 e. The molecule has 1 saturated heterocycles. The van der Waals surface area contributed by atoms with E-state index in [1.807, 2.05) is 0 Å². The van der Waals surface area contributed by atoms with Crippen molar-refractivity contribution in [3.8, 4) is 0 Å². The molecule has 0 aliphatic carbocycles. The van der Waals surface area contributed by atoms with Crippen LogP contribution in [-0.2, 0) is 24.2 Å². The molecule has 0 radical (unpaired) electrons. The van der Waals surface area contributed by atoms with Gasteiger partial charge < -0.3 is 9.64 Å². The molecule has 1 aliphatic heterocycles. The van der Waals surface area contributed by atoms with Gasteiger partial charge in [-0.25, -0.2) is 12.8 Å². The van der Waals surface area contributed by atoms with Crippen molar-refractivity contribution in [2.75, 3.05) is 18.8 Å². The van der Waals surface area contributed by atoms with E-state index in [-0.39, 0.29) is 30.8 Å². The van der Waals surface area contributed by atoms with Crippen molar-refractivity contribution >= 4 is 21.7 Å². The molecule has 1 heterocycles. The van der Waals surface area contributed by atoms with Crippen LogP contribution in [0.3, 0.4) is 0 Å². The number of benzene rings is 1. The molecule has 1 unspecified atom stereocenters. The number of rotatable bonds is 3. The summed E-state index contributed by atoms with van der Waals surface area (Å²) in [6.07, 6.45) is 0.0885. The molecule has 1 amide bonds. The van der Waals surface area contributed by atoms with Gasteiger partial charge in [0.05, 0.1) is 11.0 Å². The summed E-state index contributed by atoms with van der Waals surface area (Å²) in [5, 5.41) is -0.997. The van der Waals surface area contributed by atoms with E-state index in [1.165, 1.54) is 43.9 Å². The first kappa shape index (κ1) is 19.4. The van der Waals surface area contributed by atoms with Crippen LogP contribution in [0.4, 0.5) is 4.39 Å². The van der Waals surface area contributed by atoms with Crippen LogP contribution in [0.5, 0.6) is 0 Å². The highest BCUT2D eigenvalue weighted by Gasteiger charge is 2.39. The Balaban J connectivity index is 2.24. The number of hydrogen-bond acceptors (Lipinski definition) is 5. The van der Waals surface area contributed by atoms with Crippen LogP contribution in [0.25, 0.3) is 0 Å². The van der Waals surface area contributed by atoms with Gasteiger partial charge in [0.2, 0.25) is 0 Å². The molecule has 1 atom stereocenters. The van der Waals surface area contributed by atoms with Gasteiger partial charge >= 0.3 is 5.97 Å². The molecule has 0 N–H and O–H groups in total. The Kier molecular flexibility index (Phi) is 5.51. The van der Waals surface area contributed by atoms with Crippen LogP contribution in [-0.4, -0.2) is 49.6 Å². The molecule has 8 heteroatoms. The molecule has 138 valence electrons. The van der Waals surface area contributed by atoms with Crippen LogP contribution in [0.2, 0.25) is 0 Å². The highest BCUT2D eigenvalue weighted by atomic mass is 32.2. The van der Waals surface area contributed by atoms with Gasteiger partial charge in [-0.1, -0.05) is 18.2 Å². The minimum Gasteiger partial charge on any atom is -0.450 e. The normalized spacial score (nSPS) is 20.6. The fourth-order valence-corrected chi connectivity index (χ4v) is 4.82. The van der Waals surface area contributed by atoms with E-state index in [0.29, 0.717) is 0 Å². The van der Waals surface area contributed by atoms with Crippen LogP contribution in [0.1, 0.15) is 38.0 Å². The molecule has 1 aliphatic rings. The first-order valence-electron chi connectivity index (χ1n) is 7.99. The maximum Gasteiger partial charge on any atom is 0.303 e. The molecule has 0 saturated carbocycles. The number of ether oxygens (including phenoxy) is 1. The number of carbonyl (C=O) groups is 2. The summed E-state index contributed by atoms with van der Waals surface area (Å²) in [4.78, 5) is 25.1. The highest BCUT2D eigenvalue weighted by Crippen LogP contribution is 2.31. The number of amides is 1. The zero-order valence-corrected chi connectivity index (χ0v) is 15.3. The number of esters is 1. The van der Waals surface area contributed by atoms with E-state index < -0.39 is 38.4 Å². The van der Waals surface area contributed by atoms with Gasteiger partial charge in [-0.05, 0) is 26.3 Å². The van der Waals surface area contributed by atoms with Crippen LogP contribution < -0.4 is 0 Å². The Labute approximate surface area is 146 Å². The quantitative estimate of drug-likeness (QED) is 0.758. The van der Waals surface area contributed by atoms with E-state index >= 15 is 0 Å². The fourth-order valence-electron chi connectivity index (χ4n) is 3.02. The third-order valence-electron chi connectivity index (χ3n) is 4.19. The molecular formula is C17H22FNO5S. The molecular weight excluding hydrogens is 349 g/mol. The van der Waals surface area contributed by atoms with Crippen LogP contribution in [0, 0.1) is 5.82 Å². The molecule has 2 rings (SSSR count). The molecule has 0 bridgehead atoms. The summed E-state index contributed by atoms with van der Waals surface area (Å²) in [6.45, 7) is 4.25. The standard InChI is InChI=1S/C17H22FNO5S/c1-12(20)24-17(2,3)16(21)19-9-8-15(25(22,23)11-10-19)13-6-4-5-7-14(13)18/h4-7,15H,8-11H2,1-3H3. The molecule has 25 heavy (non-hydrogen) atoms. The lowest BCUT2D eigenvalue weighted by Crippen LogP contribution is -2.48. The van der Waals surface area contributed by atoms with Gasteiger partial charge in [0.1, 0.15) is 5.82 Å². The van der Waals surface area contributed by atoms with Crippen molar-refractivity contribution < 1.29 is 27.1 Å². The SMILES string of the molecule is CC(=O)OC(C)(C)C(=O)N1CCC(c2ccccc2F)S(=O)(=O)CC1. The van der Waals surface area contributed by atoms with E-state index in [1.54, 1.807) is 6.07 Å². The predicted octanol–water partition coefficient (Wildman–Crippen LogP) is 1.86. The molecule has 1 aromatic rings. The van der Waals surface area contributed by atoms with Crippen molar-refractivity contribution in [2.45, 2.75) is 38.0 Å². The summed E-state index contributed by atoms with van der Waals surface area (Å²) in [5.74, 6) is -1.90. The van der Waals surface area contributed by atoms with Crippen LogP contribution >= 0.6 is 0 Å². The zero-order valence-electron chi connectivity index (χ0n) is 14.5. The third kappa shape index (κ3) is 4.36. The summed E-state index contributed by atoms with van der Waals surface area (Å²) < 4.78 is 44.2. The van der Waals surface area contributed by atoms with Crippen molar-refractivity contribution in [3.05, 3.63) is 35.6 Å². The Morgan fingerprint density at radius 1 is 1.24 bits per heavy atom. The minimum atomic E-state index is -3.61. The van der Waals surface area contributed by atoms with Gasteiger partial charge in [-0.3, -0.25) is 9.59 Å². The first-order chi connectivity index (χ1) is 11.5. The highest BCUT2D eigenvalue weighted by molar-refractivity contribution is 7.91. The number of sulfone groups is 1. The minimum absolute atomic E-state index is 0.0170. The second-order valence-electron chi connectivity index (χ2n) is 6.56. The summed E-state index contributed by atoms with van der Waals surface area (Å²) >= 11 is 0. The third-order valence-corrected chi connectivity index (χ3v) is 6.30. The summed E-state index contributed by atoms with van der Waals surface area (Å²) in [5.41, 5.74) is -1.26. The van der Waals surface area contributed by atoms with Gasteiger partial charge in [0.25, 0.3) is 5.91 Å². The number of hydrogen-bond donors (Lipinski definition) is 0.